The number of allylic oxidation sites excluding steroid dienone is 1. The molecule has 0 aromatic rings. The number of rotatable bonds is 5. The van der Waals surface area contributed by atoms with Crippen LogP contribution in [0.5, 0.6) is 0 Å². The number of esters is 1. The van der Waals surface area contributed by atoms with Crippen LogP contribution in [0.25, 0.3) is 0 Å². The highest BCUT2D eigenvalue weighted by molar-refractivity contribution is 7.45. The molecule has 96 valence electrons. The summed E-state index contributed by atoms with van der Waals surface area (Å²) >= 11 is 0. The highest BCUT2D eigenvalue weighted by Crippen LogP contribution is 2.25. The van der Waals surface area contributed by atoms with Crippen LogP contribution in [0.3, 0.4) is 0 Å². The Morgan fingerprint density at radius 3 is 2.19 bits per heavy atom. The Morgan fingerprint density at radius 1 is 1.31 bits per heavy atom. The molecule has 0 atom stereocenters. The lowest BCUT2D eigenvalue weighted by Crippen LogP contribution is -1.98. The molecule has 0 aromatic heterocycles. The van der Waals surface area contributed by atoms with Gasteiger partial charge in [-0.25, -0.2) is 9.36 Å². The number of ether oxygens (including phenoxy) is 1. The predicted octanol–water partition coefficient (Wildman–Crippen LogP) is 1.37. The average Bonchev–Trinajstić information content (AvgIpc) is 2.10. The Labute approximate surface area is 95.2 Å². The minimum absolute atomic E-state index is 0.233. The quantitative estimate of drug-likeness (QED) is 0.296. The number of hydrogen-bond donors (Lipinski definition) is 3. The van der Waals surface area contributed by atoms with Gasteiger partial charge in [0.2, 0.25) is 0 Å². The van der Waals surface area contributed by atoms with Crippen LogP contribution in [-0.2, 0) is 14.1 Å². The second-order valence-electron chi connectivity index (χ2n) is 2.81. The summed E-state index contributed by atoms with van der Waals surface area (Å²) in [7, 11) is -4.64. The van der Waals surface area contributed by atoms with Gasteiger partial charge < -0.3 is 19.4 Å². The maximum Gasteiger partial charge on any atom is 0.466 e. The molecular weight excluding hydrogens is 235 g/mol. The van der Waals surface area contributed by atoms with Crippen molar-refractivity contribution in [1.82, 2.24) is 0 Å². The summed E-state index contributed by atoms with van der Waals surface area (Å²) in [6.07, 6.45) is 6.62. The average molecular weight is 254 g/mol. The monoisotopic (exact) mass is 254 g/mol. The van der Waals surface area contributed by atoms with E-state index in [1.807, 2.05) is 6.08 Å². The van der Waals surface area contributed by atoms with Crippen LogP contribution in [0.15, 0.2) is 12.2 Å². The topological polar surface area (TPSA) is 104 Å². The van der Waals surface area contributed by atoms with E-state index in [4.69, 9.17) is 24.0 Å². The van der Waals surface area contributed by atoms with Crippen molar-refractivity contribution in [1.29, 1.82) is 0 Å². The molecule has 0 unspecified atom stereocenters. The van der Waals surface area contributed by atoms with Gasteiger partial charge in [-0.15, -0.1) is 0 Å². The van der Waals surface area contributed by atoms with Gasteiger partial charge in [0.25, 0.3) is 0 Å². The second-order valence-corrected chi connectivity index (χ2v) is 3.84. The third kappa shape index (κ3) is 29.2. The molecule has 7 heteroatoms. The lowest BCUT2D eigenvalue weighted by atomic mass is 10.2. The van der Waals surface area contributed by atoms with Gasteiger partial charge in [0.1, 0.15) is 0 Å². The number of unbranched alkanes of at least 4 members (excludes halogenated alkanes) is 2. The number of carbonyl (C=O) groups is 1. The summed E-state index contributed by atoms with van der Waals surface area (Å²) in [6, 6.07) is 0. The number of phosphoric acid groups is 1. The van der Waals surface area contributed by atoms with Gasteiger partial charge in [-0.1, -0.05) is 25.8 Å². The fourth-order valence-corrected chi connectivity index (χ4v) is 0.692. The van der Waals surface area contributed by atoms with Crippen molar-refractivity contribution in [2.75, 3.05) is 6.61 Å². The van der Waals surface area contributed by atoms with Crippen molar-refractivity contribution < 1.29 is 28.8 Å². The standard InChI is InChI=1S/C9H16O2.H3O4P/c1-3-5-6-7-8-9(10)11-4-2;1-5(2,3)4/h7-8H,3-6H2,1-2H3;(H3,1,2,3,4). The van der Waals surface area contributed by atoms with Crippen LogP contribution in [-0.4, -0.2) is 27.3 Å². The Morgan fingerprint density at radius 2 is 1.81 bits per heavy atom. The van der Waals surface area contributed by atoms with Gasteiger partial charge >= 0.3 is 13.8 Å². The molecule has 3 N–H and O–H groups in total. The van der Waals surface area contributed by atoms with Crippen LogP contribution in [0.1, 0.15) is 33.1 Å². The third-order valence-corrected chi connectivity index (χ3v) is 1.26. The number of hydrogen-bond acceptors (Lipinski definition) is 3. The molecule has 0 heterocycles. The van der Waals surface area contributed by atoms with Crippen molar-refractivity contribution in [3.8, 4) is 0 Å². The van der Waals surface area contributed by atoms with Gasteiger partial charge in [-0.05, 0) is 13.3 Å². The molecule has 0 rings (SSSR count). The summed E-state index contributed by atoms with van der Waals surface area (Å²) in [5.41, 5.74) is 0. The Bertz CT molecular complexity index is 236. The Kier molecular flexibility index (Phi) is 12.0. The first kappa shape index (κ1) is 17.7. The highest BCUT2D eigenvalue weighted by atomic mass is 31.2. The lowest BCUT2D eigenvalue weighted by Gasteiger charge is -1.93. The first-order chi connectivity index (χ1) is 7.31. The van der Waals surface area contributed by atoms with Crippen molar-refractivity contribution in [2.45, 2.75) is 33.1 Å². The van der Waals surface area contributed by atoms with E-state index >= 15 is 0 Å². The Balaban J connectivity index is 0. The molecule has 16 heavy (non-hydrogen) atoms. The zero-order chi connectivity index (χ0) is 13.0. The predicted molar refractivity (Wildman–Crippen MR) is 59.6 cm³/mol. The minimum Gasteiger partial charge on any atom is -0.463 e. The fourth-order valence-electron chi connectivity index (χ4n) is 0.692. The maximum atomic E-state index is 10.7. The zero-order valence-corrected chi connectivity index (χ0v) is 10.4. The van der Waals surface area contributed by atoms with Gasteiger partial charge in [0, 0.05) is 6.08 Å². The van der Waals surface area contributed by atoms with Crippen molar-refractivity contribution in [3.05, 3.63) is 12.2 Å². The molecule has 0 aliphatic carbocycles. The lowest BCUT2D eigenvalue weighted by molar-refractivity contribution is -0.137. The van der Waals surface area contributed by atoms with Crippen LogP contribution in [0, 0.1) is 0 Å². The number of carbonyl (C=O) groups excluding carboxylic acids is 1. The molecule has 0 aromatic carbocycles. The molecule has 6 nitrogen and oxygen atoms in total. The SMILES string of the molecule is CCCCC=CC(=O)OCC.O=P(O)(O)O. The van der Waals surface area contributed by atoms with E-state index in [1.54, 1.807) is 6.92 Å². The van der Waals surface area contributed by atoms with Gasteiger partial charge in [0.05, 0.1) is 6.61 Å². The summed E-state index contributed by atoms with van der Waals surface area (Å²) in [5, 5.41) is 0. The van der Waals surface area contributed by atoms with Crippen LogP contribution >= 0.6 is 7.82 Å². The van der Waals surface area contributed by atoms with E-state index in [-0.39, 0.29) is 5.97 Å². The summed E-state index contributed by atoms with van der Waals surface area (Å²) < 4.78 is 13.6. The van der Waals surface area contributed by atoms with E-state index in [0.29, 0.717) is 6.61 Å². The van der Waals surface area contributed by atoms with Crippen LogP contribution in [0.4, 0.5) is 0 Å². The van der Waals surface area contributed by atoms with E-state index in [2.05, 4.69) is 6.92 Å². The van der Waals surface area contributed by atoms with Crippen molar-refractivity contribution >= 4 is 13.8 Å². The van der Waals surface area contributed by atoms with E-state index in [1.165, 1.54) is 6.08 Å². The highest BCUT2D eigenvalue weighted by Gasteiger charge is 2.00. The molecule has 0 aliphatic rings. The van der Waals surface area contributed by atoms with E-state index in [9.17, 15) is 4.79 Å². The molecular formula is C9H19O6P. The third-order valence-electron chi connectivity index (χ3n) is 1.26. The summed E-state index contributed by atoms with van der Waals surface area (Å²) in [4.78, 5) is 32.3. The molecule has 0 fully saturated rings. The molecule has 0 bridgehead atoms. The maximum absolute atomic E-state index is 10.7. The van der Waals surface area contributed by atoms with Gasteiger partial charge in [0.15, 0.2) is 0 Å². The molecule has 0 saturated carbocycles. The van der Waals surface area contributed by atoms with E-state index in [0.717, 1.165) is 19.3 Å². The molecule has 0 amide bonds. The first-order valence-corrected chi connectivity index (χ1v) is 6.49. The smallest absolute Gasteiger partial charge is 0.463 e. The summed E-state index contributed by atoms with van der Waals surface area (Å²) in [6.45, 7) is 4.38. The Hall–Kier alpha value is -0.680. The molecule has 0 aliphatic heterocycles. The fraction of sp³-hybridized carbons (Fsp3) is 0.667. The van der Waals surface area contributed by atoms with Crippen LogP contribution < -0.4 is 0 Å². The van der Waals surface area contributed by atoms with Crippen LogP contribution in [0.2, 0.25) is 0 Å². The molecule has 0 spiro atoms. The molecule has 0 saturated heterocycles. The van der Waals surface area contributed by atoms with Crippen molar-refractivity contribution in [3.63, 3.8) is 0 Å². The normalized spacial score (nSPS) is 10.8. The van der Waals surface area contributed by atoms with Gasteiger partial charge in [-0.2, -0.15) is 0 Å². The zero-order valence-electron chi connectivity index (χ0n) is 9.50. The van der Waals surface area contributed by atoms with Crippen molar-refractivity contribution in [2.24, 2.45) is 0 Å². The molecule has 0 radical (unpaired) electrons. The second kappa shape index (κ2) is 10.8. The van der Waals surface area contributed by atoms with E-state index < -0.39 is 7.82 Å². The minimum atomic E-state index is -4.64. The first-order valence-electron chi connectivity index (χ1n) is 4.92. The van der Waals surface area contributed by atoms with Gasteiger partial charge in [-0.3, -0.25) is 0 Å². The largest absolute Gasteiger partial charge is 0.466 e. The summed E-state index contributed by atoms with van der Waals surface area (Å²) in [5.74, 6) is -0.233.